The standard InChI is InChI=1S/C13H9ClFNO3/c14-8-6-7(4-5-9(8)15)16-13(19)12-10(17)2-1-3-11(12)18/h1-6,17-18H,(H,16,19). The van der Waals surface area contributed by atoms with Crippen LogP contribution in [-0.2, 0) is 0 Å². The second-order valence-corrected chi connectivity index (χ2v) is 4.16. The molecule has 0 aliphatic heterocycles. The van der Waals surface area contributed by atoms with Crippen LogP contribution in [0.25, 0.3) is 0 Å². The third-order valence-electron chi connectivity index (χ3n) is 2.43. The molecule has 1 amide bonds. The van der Waals surface area contributed by atoms with E-state index >= 15 is 0 Å². The Balaban J connectivity index is 2.28. The number of benzene rings is 2. The summed E-state index contributed by atoms with van der Waals surface area (Å²) < 4.78 is 13.0. The number of hydrogen-bond acceptors (Lipinski definition) is 3. The Kier molecular flexibility index (Phi) is 3.57. The maximum atomic E-state index is 13.0. The molecule has 98 valence electrons. The molecule has 2 rings (SSSR count). The smallest absolute Gasteiger partial charge is 0.263 e. The summed E-state index contributed by atoms with van der Waals surface area (Å²) >= 11 is 5.58. The largest absolute Gasteiger partial charge is 0.507 e. The van der Waals surface area contributed by atoms with E-state index in [4.69, 9.17) is 11.6 Å². The third kappa shape index (κ3) is 2.77. The maximum absolute atomic E-state index is 13.0. The minimum atomic E-state index is -0.724. The van der Waals surface area contributed by atoms with Gasteiger partial charge in [0.15, 0.2) is 0 Å². The van der Waals surface area contributed by atoms with Crippen molar-refractivity contribution in [3.05, 3.63) is 52.8 Å². The van der Waals surface area contributed by atoms with E-state index in [-0.39, 0.29) is 27.8 Å². The SMILES string of the molecule is O=C(Nc1ccc(F)c(Cl)c1)c1c(O)cccc1O. The fourth-order valence-electron chi connectivity index (χ4n) is 1.53. The molecule has 0 unspecified atom stereocenters. The van der Waals surface area contributed by atoms with Crippen molar-refractivity contribution < 1.29 is 19.4 Å². The second kappa shape index (κ2) is 5.16. The molecule has 19 heavy (non-hydrogen) atoms. The Morgan fingerprint density at radius 2 is 1.79 bits per heavy atom. The van der Waals surface area contributed by atoms with Gasteiger partial charge in [-0.25, -0.2) is 4.39 Å². The Morgan fingerprint density at radius 3 is 2.37 bits per heavy atom. The van der Waals surface area contributed by atoms with Crippen molar-refractivity contribution >= 4 is 23.2 Å². The molecule has 0 heterocycles. The maximum Gasteiger partial charge on any atom is 0.263 e. The van der Waals surface area contributed by atoms with E-state index in [0.717, 1.165) is 6.07 Å². The van der Waals surface area contributed by atoms with E-state index < -0.39 is 11.7 Å². The van der Waals surface area contributed by atoms with Crippen LogP contribution in [0.2, 0.25) is 5.02 Å². The molecule has 0 aliphatic rings. The lowest BCUT2D eigenvalue weighted by Gasteiger charge is -2.08. The van der Waals surface area contributed by atoms with Crippen LogP contribution in [0.5, 0.6) is 11.5 Å². The number of carbonyl (C=O) groups is 1. The summed E-state index contributed by atoms with van der Waals surface area (Å²) in [5.41, 5.74) is -0.0120. The lowest BCUT2D eigenvalue weighted by Crippen LogP contribution is -2.12. The number of halogens is 2. The number of nitrogens with one attached hydrogen (secondary N) is 1. The molecular weight excluding hydrogens is 273 g/mol. The second-order valence-electron chi connectivity index (χ2n) is 3.75. The van der Waals surface area contributed by atoms with Crippen molar-refractivity contribution in [3.8, 4) is 11.5 Å². The van der Waals surface area contributed by atoms with Crippen LogP contribution in [-0.4, -0.2) is 16.1 Å². The van der Waals surface area contributed by atoms with Crippen LogP contribution in [0.1, 0.15) is 10.4 Å². The molecule has 0 fully saturated rings. The number of amides is 1. The Hall–Kier alpha value is -2.27. The zero-order chi connectivity index (χ0) is 14.0. The number of carbonyl (C=O) groups excluding carboxylic acids is 1. The van der Waals surface area contributed by atoms with Gasteiger partial charge in [0.05, 0.1) is 5.02 Å². The first-order valence-electron chi connectivity index (χ1n) is 5.26. The van der Waals surface area contributed by atoms with Gasteiger partial charge < -0.3 is 15.5 Å². The van der Waals surface area contributed by atoms with Crippen LogP contribution in [0.3, 0.4) is 0 Å². The highest BCUT2D eigenvalue weighted by molar-refractivity contribution is 6.31. The van der Waals surface area contributed by atoms with Gasteiger partial charge in [-0.05, 0) is 30.3 Å². The summed E-state index contributed by atoms with van der Waals surface area (Å²) in [6, 6.07) is 7.58. The topological polar surface area (TPSA) is 69.6 Å². The van der Waals surface area contributed by atoms with Crippen LogP contribution in [0, 0.1) is 5.82 Å². The first-order valence-corrected chi connectivity index (χ1v) is 5.64. The molecule has 0 saturated heterocycles. The quantitative estimate of drug-likeness (QED) is 0.792. The van der Waals surface area contributed by atoms with Crippen molar-refractivity contribution in [2.75, 3.05) is 5.32 Å². The zero-order valence-electron chi connectivity index (χ0n) is 9.52. The minimum absolute atomic E-state index is 0.140. The van der Waals surface area contributed by atoms with Gasteiger partial charge in [0, 0.05) is 5.69 Å². The highest BCUT2D eigenvalue weighted by atomic mass is 35.5. The number of rotatable bonds is 2. The van der Waals surface area contributed by atoms with Gasteiger partial charge in [-0.2, -0.15) is 0 Å². The predicted octanol–water partition coefficient (Wildman–Crippen LogP) is 3.14. The summed E-state index contributed by atoms with van der Waals surface area (Å²) in [7, 11) is 0. The van der Waals surface area contributed by atoms with Crippen molar-refractivity contribution in [1.29, 1.82) is 0 Å². The highest BCUT2D eigenvalue weighted by Crippen LogP contribution is 2.27. The molecule has 0 saturated carbocycles. The molecule has 0 spiro atoms. The monoisotopic (exact) mass is 281 g/mol. The zero-order valence-corrected chi connectivity index (χ0v) is 10.3. The molecule has 2 aromatic rings. The molecule has 0 radical (unpaired) electrons. The minimum Gasteiger partial charge on any atom is -0.507 e. The molecule has 4 nitrogen and oxygen atoms in total. The Bertz CT molecular complexity index is 626. The van der Waals surface area contributed by atoms with E-state index in [2.05, 4.69) is 5.32 Å². The fraction of sp³-hybridized carbons (Fsp3) is 0. The van der Waals surface area contributed by atoms with Gasteiger partial charge >= 0.3 is 0 Å². The van der Waals surface area contributed by atoms with E-state index in [1.165, 1.54) is 30.3 Å². The average Bonchev–Trinajstić information content (AvgIpc) is 2.33. The number of phenolic OH excluding ortho intramolecular Hbond substituents is 2. The third-order valence-corrected chi connectivity index (χ3v) is 2.71. The van der Waals surface area contributed by atoms with Crippen molar-refractivity contribution in [1.82, 2.24) is 0 Å². The number of hydrogen-bond donors (Lipinski definition) is 3. The van der Waals surface area contributed by atoms with E-state index in [0.29, 0.717) is 0 Å². The average molecular weight is 282 g/mol. The summed E-state index contributed by atoms with van der Waals surface area (Å²) in [4.78, 5) is 11.9. The van der Waals surface area contributed by atoms with Crippen LogP contribution in [0.4, 0.5) is 10.1 Å². The number of aromatic hydroxyl groups is 2. The summed E-state index contributed by atoms with van der Waals surface area (Å²) in [5.74, 6) is -2.04. The molecule has 0 bridgehead atoms. The molecular formula is C13H9ClFNO3. The van der Waals surface area contributed by atoms with Gasteiger partial charge in [0.2, 0.25) is 0 Å². The lowest BCUT2D eigenvalue weighted by atomic mass is 10.1. The van der Waals surface area contributed by atoms with E-state index in [1.807, 2.05) is 0 Å². The van der Waals surface area contributed by atoms with E-state index in [1.54, 1.807) is 0 Å². The molecule has 6 heteroatoms. The van der Waals surface area contributed by atoms with Gasteiger partial charge in [-0.1, -0.05) is 17.7 Å². The van der Waals surface area contributed by atoms with Crippen LogP contribution < -0.4 is 5.32 Å². The Morgan fingerprint density at radius 1 is 1.16 bits per heavy atom. The molecule has 0 aliphatic carbocycles. The van der Waals surface area contributed by atoms with Crippen molar-refractivity contribution in [2.45, 2.75) is 0 Å². The summed E-state index contributed by atoms with van der Waals surface area (Å²) in [5, 5.41) is 21.3. The first kappa shape index (κ1) is 13.2. The van der Waals surface area contributed by atoms with Crippen molar-refractivity contribution in [2.24, 2.45) is 0 Å². The molecule has 2 aromatic carbocycles. The Labute approximate surface area is 113 Å². The van der Waals surface area contributed by atoms with Gasteiger partial charge in [-0.3, -0.25) is 4.79 Å². The van der Waals surface area contributed by atoms with Gasteiger partial charge in [-0.15, -0.1) is 0 Å². The van der Waals surface area contributed by atoms with Crippen LogP contribution >= 0.6 is 11.6 Å². The fourth-order valence-corrected chi connectivity index (χ4v) is 1.71. The molecule has 0 atom stereocenters. The summed E-state index contributed by atoms with van der Waals surface area (Å²) in [6.07, 6.45) is 0. The number of anilines is 1. The number of phenols is 2. The molecule has 0 aromatic heterocycles. The van der Waals surface area contributed by atoms with Crippen molar-refractivity contribution in [3.63, 3.8) is 0 Å². The lowest BCUT2D eigenvalue weighted by molar-refractivity contribution is 0.102. The highest BCUT2D eigenvalue weighted by Gasteiger charge is 2.16. The molecule has 3 N–H and O–H groups in total. The predicted molar refractivity (Wildman–Crippen MR) is 69.1 cm³/mol. The van der Waals surface area contributed by atoms with E-state index in [9.17, 15) is 19.4 Å². The van der Waals surface area contributed by atoms with Crippen LogP contribution in [0.15, 0.2) is 36.4 Å². The summed E-state index contributed by atoms with van der Waals surface area (Å²) in [6.45, 7) is 0. The van der Waals surface area contributed by atoms with Gasteiger partial charge in [0.25, 0.3) is 5.91 Å². The first-order chi connectivity index (χ1) is 8.99. The van der Waals surface area contributed by atoms with Gasteiger partial charge in [0.1, 0.15) is 22.9 Å². The normalized spacial score (nSPS) is 10.2.